The smallest absolute Gasteiger partial charge is 0.237 e. The predicted octanol–water partition coefficient (Wildman–Crippen LogP) is 2.33. The molecule has 0 N–H and O–H groups in total. The molecule has 5 nitrogen and oxygen atoms in total. The number of nitrogens with zero attached hydrogens (tertiary/aromatic N) is 1. The van der Waals surface area contributed by atoms with Crippen molar-refractivity contribution >= 4 is 42.9 Å². The number of methoxy groups -OCH3 is 1. The van der Waals surface area contributed by atoms with Crippen LogP contribution in [0, 0.1) is 6.92 Å². The Balaban J connectivity index is 2.38. The Labute approximate surface area is 126 Å². The summed E-state index contributed by atoms with van der Waals surface area (Å²) >= 11 is 6.05. The third-order valence-electron chi connectivity index (χ3n) is 3.25. The summed E-state index contributed by atoms with van der Waals surface area (Å²) in [6, 6.07) is 3.30. The fourth-order valence-corrected chi connectivity index (χ4v) is 3.45. The largest absolute Gasteiger partial charge is 0.495 e. The predicted molar refractivity (Wildman–Crippen MR) is 78.3 cm³/mol. The van der Waals surface area contributed by atoms with Crippen LogP contribution >= 0.6 is 22.3 Å². The Bertz CT molecular complexity index is 660. The first kappa shape index (κ1) is 15.4. The highest BCUT2D eigenvalue weighted by molar-refractivity contribution is 8.14. The van der Waals surface area contributed by atoms with Gasteiger partial charge in [-0.3, -0.25) is 4.79 Å². The van der Waals surface area contributed by atoms with Gasteiger partial charge in [0.25, 0.3) is 0 Å². The molecule has 2 rings (SSSR count). The minimum atomic E-state index is -3.76. The number of halogens is 2. The van der Waals surface area contributed by atoms with Gasteiger partial charge < -0.3 is 9.64 Å². The number of hydrogen-bond acceptors (Lipinski definition) is 4. The first-order chi connectivity index (χ1) is 9.24. The summed E-state index contributed by atoms with van der Waals surface area (Å²) in [5.74, 6) is 0.213. The van der Waals surface area contributed by atoms with Crippen LogP contribution in [0.3, 0.4) is 0 Å². The molecular formula is C12H13Cl2NO4S. The van der Waals surface area contributed by atoms with Gasteiger partial charge >= 0.3 is 0 Å². The molecule has 0 saturated carbocycles. The number of anilines is 1. The summed E-state index contributed by atoms with van der Waals surface area (Å²) < 4.78 is 27.8. The second-order valence-electron chi connectivity index (χ2n) is 4.58. The highest BCUT2D eigenvalue weighted by Crippen LogP contribution is 2.35. The van der Waals surface area contributed by atoms with Crippen LogP contribution in [0.15, 0.2) is 12.1 Å². The molecule has 8 heteroatoms. The van der Waals surface area contributed by atoms with Crippen LogP contribution in [-0.4, -0.2) is 33.2 Å². The molecule has 1 fully saturated rings. The third-order valence-corrected chi connectivity index (χ3v) is 5.41. The van der Waals surface area contributed by atoms with Gasteiger partial charge in [0.05, 0.1) is 12.1 Å². The molecule has 1 atom stereocenters. The van der Waals surface area contributed by atoms with E-state index in [0.29, 0.717) is 16.5 Å². The molecule has 1 saturated heterocycles. The first-order valence-corrected chi connectivity index (χ1v) is 8.57. The van der Waals surface area contributed by atoms with Gasteiger partial charge in [-0.15, -0.1) is 0 Å². The van der Waals surface area contributed by atoms with E-state index in [0.717, 1.165) is 5.56 Å². The lowest BCUT2D eigenvalue weighted by Crippen LogP contribution is -2.27. The third kappa shape index (κ3) is 2.87. The lowest BCUT2D eigenvalue weighted by atomic mass is 10.1. The molecule has 1 unspecified atom stereocenters. The van der Waals surface area contributed by atoms with Crippen LogP contribution in [0.2, 0.25) is 5.02 Å². The summed E-state index contributed by atoms with van der Waals surface area (Å²) in [6.07, 6.45) is -0.116. The van der Waals surface area contributed by atoms with Crippen LogP contribution < -0.4 is 9.64 Å². The zero-order valence-electron chi connectivity index (χ0n) is 10.9. The highest BCUT2D eigenvalue weighted by Gasteiger charge is 2.38. The van der Waals surface area contributed by atoms with Crippen molar-refractivity contribution in [2.45, 2.75) is 18.6 Å². The summed E-state index contributed by atoms with van der Waals surface area (Å²) in [7, 11) is 3.06. The molecule has 1 aliphatic heterocycles. The Kier molecular flexibility index (Phi) is 4.18. The van der Waals surface area contributed by atoms with Crippen molar-refractivity contribution in [2.75, 3.05) is 18.6 Å². The zero-order valence-corrected chi connectivity index (χ0v) is 13.2. The molecule has 1 aromatic rings. The van der Waals surface area contributed by atoms with E-state index in [2.05, 4.69) is 0 Å². The zero-order chi connectivity index (χ0) is 15.1. The molecule has 1 amide bonds. The van der Waals surface area contributed by atoms with Crippen LogP contribution in [0.1, 0.15) is 12.0 Å². The molecular weight excluding hydrogens is 325 g/mol. The molecule has 0 spiro atoms. The summed E-state index contributed by atoms with van der Waals surface area (Å²) in [5.41, 5.74) is 1.34. The van der Waals surface area contributed by atoms with E-state index in [4.69, 9.17) is 27.0 Å². The second kappa shape index (κ2) is 5.42. The van der Waals surface area contributed by atoms with Crippen LogP contribution in [-0.2, 0) is 13.8 Å². The lowest BCUT2D eigenvalue weighted by molar-refractivity contribution is -0.117. The van der Waals surface area contributed by atoms with Gasteiger partial charge in [0, 0.05) is 29.3 Å². The number of ether oxygens (including phenoxy) is 1. The maximum absolute atomic E-state index is 12.0. The Hall–Kier alpha value is -0.980. The summed E-state index contributed by atoms with van der Waals surface area (Å²) in [4.78, 5) is 13.4. The molecule has 1 aromatic carbocycles. The number of carbonyl (C=O) groups excluding carboxylic acids is 1. The van der Waals surface area contributed by atoms with Gasteiger partial charge in [0.2, 0.25) is 15.0 Å². The molecule has 0 aromatic heterocycles. The van der Waals surface area contributed by atoms with Crippen molar-refractivity contribution in [3.05, 3.63) is 22.7 Å². The van der Waals surface area contributed by atoms with Gasteiger partial charge in [-0.1, -0.05) is 11.6 Å². The van der Waals surface area contributed by atoms with Crippen molar-refractivity contribution in [1.82, 2.24) is 0 Å². The van der Waals surface area contributed by atoms with Crippen molar-refractivity contribution in [1.29, 1.82) is 0 Å². The highest BCUT2D eigenvalue weighted by atomic mass is 35.7. The Morgan fingerprint density at radius 3 is 2.55 bits per heavy atom. The number of hydrogen-bond donors (Lipinski definition) is 0. The molecule has 110 valence electrons. The molecule has 1 heterocycles. The first-order valence-electron chi connectivity index (χ1n) is 5.82. The van der Waals surface area contributed by atoms with E-state index in [1.165, 1.54) is 12.0 Å². The quantitative estimate of drug-likeness (QED) is 0.794. The van der Waals surface area contributed by atoms with Gasteiger partial charge in [-0.25, -0.2) is 8.42 Å². The number of amides is 1. The standard InChI is InChI=1S/C12H13Cl2NO4S/c1-7-3-11(19-2)9(13)5-10(7)15-6-8(4-12(15)16)20(14,17)18/h3,5,8H,4,6H2,1-2H3. The molecule has 0 radical (unpaired) electrons. The van der Waals surface area contributed by atoms with Crippen LogP contribution in [0.25, 0.3) is 0 Å². The van der Waals surface area contributed by atoms with E-state index < -0.39 is 14.3 Å². The number of rotatable bonds is 3. The van der Waals surface area contributed by atoms with Gasteiger partial charge in [-0.05, 0) is 24.6 Å². The normalized spacial score (nSPS) is 19.5. The molecule has 20 heavy (non-hydrogen) atoms. The topological polar surface area (TPSA) is 63.7 Å². The average molecular weight is 338 g/mol. The summed E-state index contributed by atoms with van der Waals surface area (Å²) in [5, 5.41) is -0.532. The second-order valence-corrected chi connectivity index (χ2v) is 7.89. The average Bonchev–Trinajstić information content (AvgIpc) is 2.73. The SMILES string of the molecule is COc1cc(C)c(N2CC(S(=O)(=O)Cl)CC2=O)cc1Cl. The van der Waals surface area contributed by atoms with Crippen molar-refractivity contribution in [2.24, 2.45) is 0 Å². The van der Waals surface area contributed by atoms with E-state index in [9.17, 15) is 13.2 Å². The van der Waals surface area contributed by atoms with E-state index in [1.54, 1.807) is 19.1 Å². The van der Waals surface area contributed by atoms with Crippen molar-refractivity contribution in [3.63, 3.8) is 0 Å². The Morgan fingerprint density at radius 1 is 1.40 bits per heavy atom. The monoisotopic (exact) mass is 337 g/mol. The maximum atomic E-state index is 12.0. The number of carbonyl (C=O) groups is 1. The number of aryl methyl sites for hydroxylation is 1. The molecule has 0 aliphatic carbocycles. The minimum absolute atomic E-state index is 0.0359. The fraction of sp³-hybridized carbons (Fsp3) is 0.417. The van der Waals surface area contributed by atoms with Gasteiger partial charge in [-0.2, -0.15) is 0 Å². The Morgan fingerprint density at radius 2 is 2.05 bits per heavy atom. The molecule has 0 bridgehead atoms. The van der Waals surface area contributed by atoms with E-state index in [-0.39, 0.29) is 18.9 Å². The van der Waals surface area contributed by atoms with E-state index in [1.807, 2.05) is 0 Å². The van der Waals surface area contributed by atoms with Gasteiger partial charge in [0.1, 0.15) is 11.0 Å². The number of benzene rings is 1. The lowest BCUT2D eigenvalue weighted by Gasteiger charge is -2.20. The van der Waals surface area contributed by atoms with Gasteiger partial charge in [0.15, 0.2) is 0 Å². The van der Waals surface area contributed by atoms with Crippen molar-refractivity contribution < 1.29 is 17.9 Å². The summed E-state index contributed by atoms with van der Waals surface area (Å²) in [6.45, 7) is 1.83. The van der Waals surface area contributed by atoms with Crippen LogP contribution in [0.5, 0.6) is 5.75 Å². The van der Waals surface area contributed by atoms with Crippen molar-refractivity contribution in [3.8, 4) is 5.75 Å². The van der Waals surface area contributed by atoms with Crippen LogP contribution in [0.4, 0.5) is 5.69 Å². The minimum Gasteiger partial charge on any atom is -0.495 e. The maximum Gasteiger partial charge on any atom is 0.237 e. The molecule has 1 aliphatic rings. The van der Waals surface area contributed by atoms with E-state index >= 15 is 0 Å². The fourth-order valence-electron chi connectivity index (χ4n) is 2.19.